The number of rotatable bonds is 4. The smallest absolute Gasteiger partial charge is 0.261 e. The molecule has 2 aromatic rings. The highest BCUT2D eigenvalue weighted by atomic mass is 16.5. The van der Waals surface area contributed by atoms with Crippen LogP contribution >= 0.6 is 0 Å². The van der Waals surface area contributed by atoms with E-state index in [1.54, 1.807) is 30.2 Å². The summed E-state index contributed by atoms with van der Waals surface area (Å²) in [5.74, 6) is 0.619. The Hall–Kier alpha value is -3.02. The Morgan fingerprint density at radius 1 is 1.21 bits per heavy atom. The maximum Gasteiger partial charge on any atom is 0.261 e. The van der Waals surface area contributed by atoms with Gasteiger partial charge in [0.1, 0.15) is 17.5 Å². The first-order chi connectivity index (χ1) is 13.3. The van der Waals surface area contributed by atoms with E-state index in [9.17, 15) is 9.59 Å². The largest absolute Gasteiger partial charge is 0.497 e. The van der Waals surface area contributed by atoms with Crippen LogP contribution in [0.25, 0.3) is 0 Å². The highest BCUT2D eigenvalue weighted by Gasteiger charge is 2.37. The zero-order valence-corrected chi connectivity index (χ0v) is 16.7. The van der Waals surface area contributed by atoms with Crippen molar-refractivity contribution in [1.82, 2.24) is 10.2 Å². The molecule has 0 fully saturated rings. The Labute approximate surface area is 165 Å². The molecule has 3 rings (SSSR count). The molecule has 0 aromatic heterocycles. The highest BCUT2D eigenvalue weighted by molar-refractivity contribution is 5.91. The van der Waals surface area contributed by atoms with Gasteiger partial charge in [-0.3, -0.25) is 9.59 Å². The molecule has 0 radical (unpaired) electrons. The molecule has 1 heterocycles. The second kappa shape index (κ2) is 7.92. The van der Waals surface area contributed by atoms with Crippen molar-refractivity contribution < 1.29 is 19.1 Å². The normalized spacial score (nSPS) is 16.6. The zero-order chi connectivity index (χ0) is 20.3. The van der Waals surface area contributed by atoms with E-state index in [2.05, 4.69) is 5.32 Å². The van der Waals surface area contributed by atoms with Crippen molar-refractivity contribution in [3.63, 3.8) is 0 Å². The average Bonchev–Trinajstić information content (AvgIpc) is 2.78. The summed E-state index contributed by atoms with van der Waals surface area (Å²) in [5, 5.41) is 3.00. The molecule has 0 bridgehead atoms. The van der Waals surface area contributed by atoms with Gasteiger partial charge in [-0.25, -0.2) is 0 Å². The van der Waals surface area contributed by atoms with E-state index >= 15 is 0 Å². The second-order valence-electron chi connectivity index (χ2n) is 7.84. The van der Waals surface area contributed by atoms with Gasteiger partial charge in [-0.2, -0.15) is 0 Å². The van der Waals surface area contributed by atoms with Crippen LogP contribution < -0.4 is 14.8 Å². The Bertz CT molecular complexity index is 859. The predicted octanol–water partition coefficient (Wildman–Crippen LogP) is 3.07. The minimum atomic E-state index is -0.820. The first-order valence-corrected chi connectivity index (χ1v) is 9.24. The Kier molecular flexibility index (Phi) is 5.58. The maximum absolute atomic E-state index is 13.3. The number of benzene rings is 2. The fourth-order valence-electron chi connectivity index (χ4n) is 3.21. The van der Waals surface area contributed by atoms with Crippen molar-refractivity contribution in [2.45, 2.75) is 38.9 Å². The SMILES string of the molecule is COc1ccc2c(c1)C(C(=O)NC(C)(C)C)N(Cc1ccccc1)C(=O)CO2. The van der Waals surface area contributed by atoms with Crippen molar-refractivity contribution in [3.8, 4) is 11.5 Å². The van der Waals surface area contributed by atoms with E-state index in [4.69, 9.17) is 9.47 Å². The van der Waals surface area contributed by atoms with Crippen molar-refractivity contribution in [2.24, 2.45) is 0 Å². The van der Waals surface area contributed by atoms with Gasteiger partial charge in [0.2, 0.25) is 5.91 Å². The quantitative estimate of drug-likeness (QED) is 0.882. The number of fused-ring (bicyclic) bond motifs is 1. The topological polar surface area (TPSA) is 67.9 Å². The lowest BCUT2D eigenvalue weighted by Crippen LogP contribution is -2.49. The third-order valence-corrected chi connectivity index (χ3v) is 4.44. The number of amides is 2. The predicted molar refractivity (Wildman–Crippen MR) is 106 cm³/mol. The molecule has 0 saturated heterocycles. The number of carbonyl (C=O) groups excluding carboxylic acids is 2. The van der Waals surface area contributed by atoms with Gasteiger partial charge in [0.15, 0.2) is 6.61 Å². The molecule has 2 aromatic carbocycles. The molecule has 1 N–H and O–H groups in total. The first-order valence-electron chi connectivity index (χ1n) is 9.24. The lowest BCUT2D eigenvalue weighted by Gasteiger charge is -2.32. The van der Waals surface area contributed by atoms with Gasteiger partial charge in [-0.1, -0.05) is 30.3 Å². The van der Waals surface area contributed by atoms with E-state index in [0.717, 1.165) is 5.56 Å². The molecule has 1 aliphatic rings. The van der Waals surface area contributed by atoms with E-state index in [1.807, 2.05) is 51.1 Å². The summed E-state index contributed by atoms with van der Waals surface area (Å²) >= 11 is 0. The summed E-state index contributed by atoms with van der Waals surface area (Å²) in [6.45, 7) is 5.92. The molecule has 0 saturated carbocycles. The third-order valence-electron chi connectivity index (χ3n) is 4.44. The fourth-order valence-corrected chi connectivity index (χ4v) is 3.21. The minimum absolute atomic E-state index is 0.120. The fraction of sp³-hybridized carbons (Fsp3) is 0.364. The number of nitrogens with zero attached hydrogens (tertiary/aromatic N) is 1. The minimum Gasteiger partial charge on any atom is -0.497 e. The molecule has 0 aliphatic carbocycles. The van der Waals surface area contributed by atoms with Crippen LogP contribution in [0.5, 0.6) is 11.5 Å². The van der Waals surface area contributed by atoms with Gasteiger partial charge in [-0.05, 0) is 44.5 Å². The van der Waals surface area contributed by atoms with Crippen LogP contribution in [0.1, 0.15) is 37.9 Å². The molecule has 148 valence electrons. The summed E-state index contributed by atoms with van der Waals surface area (Å²) < 4.78 is 11.1. The lowest BCUT2D eigenvalue weighted by atomic mass is 10.00. The van der Waals surface area contributed by atoms with Crippen LogP contribution in [0.4, 0.5) is 0 Å². The molecule has 2 amide bonds. The monoisotopic (exact) mass is 382 g/mol. The number of hydrogen-bond acceptors (Lipinski definition) is 4. The molecule has 1 unspecified atom stereocenters. The lowest BCUT2D eigenvalue weighted by molar-refractivity contribution is -0.142. The van der Waals surface area contributed by atoms with Crippen LogP contribution in [0.2, 0.25) is 0 Å². The molecule has 6 heteroatoms. The van der Waals surface area contributed by atoms with Crippen LogP contribution in [0.15, 0.2) is 48.5 Å². The number of ether oxygens (including phenoxy) is 2. The molecule has 1 aliphatic heterocycles. The summed E-state index contributed by atoms with van der Waals surface area (Å²) in [6.07, 6.45) is 0. The summed E-state index contributed by atoms with van der Waals surface area (Å²) in [6, 6.07) is 14.1. The van der Waals surface area contributed by atoms with Crippen molar-refractivity contribution in [2.75, 3.05) is 13.7 Å². The number of methoxy groups -OCH3 is 1. The van der Waals surface area contributed by atoms with Crippen molar-refractivity contribution in [1.29, 1.82) is 0 Å². The van der Waals surface area contributed by atoms with Crippen LogP contribution in [-0.2, 0) is 16.1 Å². The van der Waals surface area contributed by atoms with E-state index < -0.39 is 11.6 Å². The Balaban J connectivity index is 2.08. The first kappa shape index (κ1) is 19.7. The van der Waals surface area contributed by atoms with Gasteiger partial charge < -0.3 is 19.7 Å². The summed E-state index contributed by atoms with van der Waals surface area (Å²) in [4.78, 5) is 27.8. The third kappa shape index (κ3) is 4.44. The molecular formula is C22H26N2O4. The highest BCUT2D eigenvalue weighted by Crippen LogP contribution is 2.36. The average molecular weight is 382 g/mol. The van der Waals surface area contributed by atoms with E-state index in [0.29, 0.717) is 23.6 Å². The second-order valence-corrected chi connectivity index (χ2v) is 7.84. The molecule has 6 nitrogen and oxygen atoms in total. The van der Waals surface area contributed by atoms with E-state index in [-0.39, 0.29) is 18.4 Å². The van der Waals surface area contributed by atoms with Gasteiger partial charge >= 0.3 is 0 Å². The van der Waals surface area contributed by atoms with Gasteiger partial charge in [0.05, 0.1) is 7.11 Å². The molecule has 1 atom stereocenters. The Morgan fingerprint density at radius 2 is 1.93 bits per heavy atom. The summed E-state index contributed by atoms with van der Waals surface area (Å²) in [5.41, 5.74) is 1.11. The van der Waals surface area contributed by atoms with E-state index in [1.165, 1.54) is 0 Å². The summed E-state index contributed by atoms with van der Waals surface area (Å²) in [7, 11) is 1.57. The van der Waals surface area contributed by atoms with Crippen LogP contribution in [-0.4, -0.2) is 36.0 Å². The maximum atomic E-state index is 13.3. The van der Waals surface area contributed by atoms with Crippen molar-refractivity contribution in [3.05, 3.63) is 59.7 Å². The number of nitrogens with one attached hydrogen (secondary N) is 1. The standard InChI is InChI=1S/C22H26N2O4/c1-22(2,3)23-21(26)20-17-12-16(27-4)10-11-18(17)28-14-19(25)24(20)13-15-8-6-5-7-9-15/h5-12,20H,13-14H2,1-4H3,(H,23,26). The number of carbonyl (C=O) groups is 2. The number of hydrogen-bond donors (Lipinski definition) is 1. The zero-order valence-electron chi connectivity index (χ0n) is 16.7. The molecule has 0 spiro atoms. The van der Waals surface area contributed by atoms with Gasteiger partial charge in [0.25, 0.3) is 5.91 Å². The van der Waals surface area contributed by atoms with Crippen molar-refractivity contribution >= 4 is 11.8 Å². The van der Waals surface area contributed by atoms with Gasteiger partial charge in [0, 0.05) is 17.6 Å². The van der Waals surface area contributed by atoms with Crippen LogP contribution in [0.3, 0.4) is 0 Å². The molecule has 28 heavy (non-hydrogen) atoms. The van der Waals surface area contributed by atoms with Gasteiger partial charge in [-0.15, -0.1) is 0 Å². The Morgan fingerprint density at radius 3 is 2.57 bits per heavy atom. The molecular weight excluding hydrogens is 356 g/mol. The van der Waals surface area contributed by atoms with Crippen LogP contribution in [0, 0.1) is 0 Å².